The summed E-state index contributed by atoms with van der Waals surface area (Å²) in [5.74, 6) is 1.16. The molecule has 12 heavy (non-hydrogen) atoms. The lowest BCUT2D eigenvalue weighted by Gasteiger charge is -2.25. The van der Waals surface area contributed by atoms with E-state index >= 15 is 0 Å². The molecule has 2 heteroatoms. The van der Waals surface area contributed by atoms with Crippen LogP contribution in [0.25, 0.3) is 0 Å². The lowest BCUT2D eigenvalue weighted by atomic mass is 9.85. The second kappa shape index (κ2) is 1.92. The van der Waals surface area contributed by atoms with Gasteiger partial charge in [-0.25, -0.2) is 0 Å². The number of ketones is 1. The molecular formula is C10H16O2. The first-order valence-corrected chi connectivity index (χ1v) is 4.61. The SMILES string of the molecule is CC1(O)CC2[C@@H](CC1=O)C2(C)C. The van der Waals surface area contributed by atoms with Crippen molar-refractivity contribution in [1.29, 1.82) is 0 Å². The Balaban J connectivity index is 2.19. The van der Waals surface area contributed by atoms with E-state index in [0.717, 1.165) is 0 Å². The number of aliphatic hydroxyl groups is 1. The van der Waals surface area contributed by atoms with Crippen molar-refractivity contribution in [3.8, 4) is 0 Å². The molecular weight excluding hydrogens is 152 g/mol. The van der Waals surface area contributed by atoms with Gasteiger partial charge >= 0.3 is 0 Å². The minimum atomic E-state index is -1.03. The summed E-state index contributed by atoms with van der Waals surface area (Å²) in [6, 6.07) is 0. The van der Waals surface area contributed by atoms with Crippen LogP contribution >= 0.6 is 0 Å². The molecule has 0 radical (unpaired) electrons. The van der Waals surface area contributed by atoms with Crippen LogP contribution in [-0.4, -0.2) is 16.5 Å². The summed E-state index contributed by atoms with van der Waals surface area (Å²) in [7, 11) is 0. The Morgan fingerprint density at radius 2 is 1.92 bits per heavy atom. The van der Waals surface area contributed by atoms with Crippen LogP contribution in [0.15, 0.2) is 0 Å². The Kier molecular flexibility index (Phi) is 1.32. The molecule has 0 saturated heterocycles. The minimum Gasteiger partial charge on any atom is -0.382 e. The molecule has 2 unspecified atom stereocenters. The quantitative estimate of drug-likeness (QED) is 0.593. The van der Waals surface area contributed by atoms with Crippen LogP contribution in [0.3, 0.4) is 0 Å². The van der Waals surface area contributed by atoms with Crippen molar-refractivity contribution in [2.45, 2.75) is 39.2 Å². The number of carbonyl (C=O) groups excluding carboxylic acids is 1. The van der Waals surface area contributed by atoms with Gasteiger partial charge in [0.05, 0.1) is 0 Å². The Morgan fingerprint density at radius 1 is 1.33 bits per heavy atom. The maximum atomic E-state index is 11.4. The second-order valence-electron chi connectivity index (χ2n) is 5.14. The minimum absolute atomic E-state index is 0.0364. The fourth-order valence-corrected chi connectivity index (χ4v) is 2.63. The molecule has 0 spiro atoms. The van der Waals surface area contributed by atoms with Crippen LogP contribution in [0, 0.1) is 17.3 Å². The van der Waals surface area contributed by atoms with Gasteiger partial charge in [-0.15, -0.1) is 0 Å². The third kappa shape index (κ3) is 0.875. The lowest BCUT2D eigenvalue weighted by molar-refractivity contribution is -0.139. The molecule has 0 bridgehead atoms. The van der Waals surface area contributed by atoms with Crippen molar-refractivity contribution in [3.05, 3.63) is 0 Å². The summed E-state index contributed by atoms with van der Waals surface area (Å²) < 4.78 is 0. The molecule has 2 aliphatic carbocycles. The molecule has 68 valence electrons. The van der Waals surface area contributed by atoms with Gasteiger partial charge in [0.1, 0.15) is 5.60 Å². The average molecular weight is 168 g/mol. The maximum Gasteiger partial charge on any atom is 0.164 e. The fraction of sp³-hybridized carbons (Fsp3) is 0.900. The third-order valence-electron chi connectivity index (χ3n) is 3.91. The topological polar surface area (TPSA) is 37.3 Å². The summed E-state index contributed by atoms with van der Waals surface area (Å²) in [6.45, 7) is 6.04. The first-order valence-electron chi connectivity index (χ1n) is 4.61. The number of hydrogen-bond acceptors (Lipinski definition) is 2. The molecule has 0 heterocycles. The number of rotatable bonds is 0. The van der Waals surface area contributed by atoms with Crippen LogP contribution in [-0.2, 0) is 4.79 Å². The first kappa shape index (κ1) is 8.24. The van der Waals surface area contributed by atoms with Crippen molar-refractivity contribution in [2.75, 3.05) is 0 Å². The van der Waals surface area contributed by atoms with Crippen LogP contribution in [0.5, 0.6) is 0 Å². The van der Waals surface area contributed by atoms with E-state index in [4.69, 9.17) is 0 Å². The van der Waals surface area contributed by atoms with E-state index < -0.39 is 5.60 Å². The van der Waals surface area contributed by atoms with Gasteiger partial charge in [-0.2, -0.15) is 0 Å². The smallest absolute Gasteiger partial charge is 0.164 e. The third-order valence-corrected chi connectivity index (χ3v) is 3.91. The van der Waals surface area contributed by atoms with Gasteiger partial charge in [0.25, 0.3) is 0 Å². The van der Waals surface area contributed by atoms with Gasteiger partial charge in [0.2, 0.25) is 0 Å². The van der Waals surface area contributed by atoms with Gasteiger partial charge in [0, 0.05) is 6.42 Å². The zero-order chi connectivity index (χ0) is 9.15. The van der Waals surface area contributed by atoms with E-state index in [2.05, 4.69) is 13.8 Å². The molecule has 0 aromatic carbocycles. The predicted octanol–water partition coefficient (Wildman–Crippen LogP) is 1.37. The summed E-state index contributed by atoms with van der Waals surface area (Å²) in [6.07, 6.45) is 1.26. The molecule has 2 nitrogen and oxygen atoms in total. The maximum absolute atomic E-state index is 11.4. The summed E-state index contributed by atoms with van der Waals surface area (Å²) in [5, 5.41) is 9.72. The van der Waals surface area contributed by atoms with Gasteiger partial charge in [0.15, 0.2) is 5.78 Å². The predicted molar refractivity (Wildman–Crippen MR) is 45.6 cm³/mol. The van der Waals surface area contributed by atoms with Crippen molar-refractivity contribution in [2.24, 2.45) is 17.3 Å². The number of fused-ring (bicyclic) bond motifs is 1. The van der Waals surface area contributed by atoms with Crippen molar-refractivity contribution < 1.29 is 9.90 Å². The van der Waals surface area contributed by atoms with Crippen LogP contribution in [0.2, 0.25) is 0 Å². The van der Waals surface area contributed by atoms with E-state index in [1.165, 1.54) is 0 Å². The van der Waals surface area contributed by atoms with Crippen LogP contribution < -0.4 is 0 Å². The Hall–Kier alpha value is -0.370. The zero-order valence-corrected chi connectivity index (χ0v) is 7.92. The molecule has 2 aliphatic rings. The van der Waals surface area contributed by atoms with E-state index in [0.29, 0.717) is 30.1 Å². The molecule has 2 saturated carbocycles. The highest BCUT2D eigenvalue weighted by Gasteiger charge is 2.63. The second-order valence-corrected chi connectivity index (χ2v) is 5.14. The molecule has 2 rings (SSSR count). The van der Waals surface area contributed by atoms with E-state index in [1.807, 2.05) is 0 Å². The molecule has 2 fully saturated rings. The largest absolute Gasteiger partial charge is 0.382 e. The number of carbonyl (C=O) groups is 1. The summed E-state index contributed by atoms with van der Waals surface area (Å²) >= 11 is 0. The van der Waals surface area contributed by atoms with Gasteiger partial charge < -0.3 is 5.11 Å². The standard InChI is InChI=1S/C10H16O2/c1-9(2)6-4-8(11)10(3,12)5-7(6)9/h6-7,12H,4-5H2,1-3H3/t6-,7?,10?/m1/s1. The first-order chi connectivity index (χ1) is 5.36. The molecule has 0 amide bonds. The van der Waals surface area contributed by atoms with Gasteiger partial charge in [-0.3, -0.25) is 4.79 Å². The Labute approximate surface area is 73.0 Å². The van der Waals surface area contributed by atoms with Crippen LogP contribution in [0.4, 0.5) is 0 Å². The summed E-state index contributed by atoms with van der Waals surface area (Å²) in [5.41, 5.74) is -0.731. The average Bonchev–Trinajstić information content (AvgIpc) is 2.37. The molecule has 0 aromatic heterocycles. The Morgan fingerprint density at radius 3 is 2.42 bits per heavy atom. The van der Waals surface area contributed by atoms with Crippen LogP contribution in [0.1, 0.15) is 33.6 Å². The van der Waals surface area contributed by atoms with Crippen molar-refractivity contribution >= 4 is 5.78 Å². The lowest BCUT2D eigenvalue weighted by Crippen LogP contribution is -2.38. The van der Waals surface area contributed by atoms with Crippen molar-refractivity contribution in [3.63, 3.8) is 0 Å². The highest BCUT2D eigenvalue weighted by atomic mass is 16.3. The Bertz CT molecular complexity index is 240. The normalized spacial score (nSPS) is 50.2. The van der Waals surface area contributed by atoms with Crippen molar-refractivity contribution in [1.82, 2.24) is 0 Å². The molecule has 1 N–H and O–H groups in total. The number of Topliss-reactive ketones (excluding diaryl/α,β-unsaturated/α-hetero) is 1. The zero-order valence-electron chi connectivity index (χ0n) is 7.92. The molecule has 3 atom stereocenters. The van der Waals surface area contributed by atoms with Gasteiger partial charge in [-0.1, -0.05) is 13.8 Å². The molecule has 0 aromatic rings. The number of hydrogen-bond donors (Lipinski definition) is 1. The van der Waals surface area contributed by atoms with E-state index in [-0.39, 0.29) is 5.78 Å². The highest BCUT2D eigenvalue weighted by Crippen LogP contribution is 2.65. The fourth-order valence-electron chi connectivity index (χ4n) is 2.63. The summed E-state index contributed by atoms with van der Waals surface area (Å²) in [4.78, 5) is 11.4. The monoisotopic (exact) mass is 168 g/mol. The van der Waals surface area contributed by atoms with E-state index in [1.54, 1.807) is 6.92 Å². The molecule has 0 aliphatic heterocycles. The highest BCUT2D eigenvalue weighted by molar-refractivity contribution is 5.88. The van der Waals surface area contributed by atoms with E-state index in [9.17, 15) is 9.90 Å². The van der Waals surface area contributed by atoms with Gasteiger partial charge in [-0.05, 0) is 30.6 Å².